The number of hydrogen-bond acceptors (Lipinski definition) is 8. The second-order valence-corrected chi connectivity index (χ2v) is 13.8. The Hall–Kier alpha value is -1.67. The summed E-state index contributed by atoms with van der Waals surface area (Å²) in [7, 11) is -4.31. The van der Waals surface area contributed by atoms with Crippen LogP contribution in [0.4, 0.5) is 14.5 Å². The molecule has 2 N–H and O–H groups in total. The van der Waals surface area contributed by atoms with Crippen LogP contribution in [0, 0.1) is 5.82 Å². The minimum Gasteiger partial charge on any atom is -0.379 e. The molecule has 40 heavy (non-hydrogen) atoms. The van der Waals surface area contributed by atoms with Gasteiger partial charge in [0.2, 0.25) is 0 Å². The number of benzene rings is 2. The lowest BCUT2D eigenvalue weighted by atomic mass is 9.95. The number of nitrogens with one attached hydrogen (secondary N) is 2. The van der Waals surface area contributed by atoms with Gasteiger partial charge in [0.15, 0.2) is 5.60 Å². The second-order valence-electron chi connectivity index (χ2n) is 10.2. The van der Waals surface area contributed by atoms with Crippen molar-refractivity contribution >= 4 is 56.6 Å². The predicted molar refractivity (Wildman–Crippen MR) is 150 cm³/mol. The Kier molecular flexibility index (Phi) is 9.16. The second kappa shape index (κ2) is 12.3. The first-order valence-electron chi connectivity index (χ1n) is 12.9. The van der Waals surface area contributed by atoms with Gasteiger partial charge in [-0.05, 0) is 49.2 Å². The Morgan fingerprint density at radius 2 is 1.90 bits per heavy atom. The smallest absolute Gasteiger partial charge is 0.268 e. The Morgan fingerprint density at radius 3 is 2.58 bits per heavy atom. The maximum Gasteiger partial charge on any atom is 0.268 e. The zero-order chi connectivity index (χ0) is 28.5. The fourth-order valence-corrected chi connectivity index (χ4v) is 7.70. The van der Waals surface area contributed by atoms with Crippen LogP contribution in [0.25, 0.3) is 0 Å². The van der Waals surface area contributed by atoms with Gasteiger partial charge in [-0.1, -0.05) is 23.2 Å². The number of carbonyl (C=O) groups excluding carboxylic acids is 1. The summed E-state index contributed by atoms with van der Waals surface area (Å²) in [5.41, 5.74) is -0.995. The number of carbonyl (C=O) groups is 1. The molecule has 2 aromatic carbocycles. The summed E-state index contributed by atoms with van der Waals surface area (Å²) < 4.78 is 66.0. The number of thioether (sulfide) groups is 1. The van der Waals surface area contributed by atoms with Gasteiger partial charge in [0.1, 0.15) is 12.0 Å². The summed E-state index contributed by atoms with van der Waals surface area (Å²) >= 11 is 14.5. The van der Waals surface area contributed by atoms with E-state index in [2.05, 4.69) is 10.0 Å². The van der Waals surface area contributed by atoms with Crippen molar-refractivity contribution in [3.05, 3.63) is 52.3 Å². The molecule has 3 aliphatic rings. The summed E-state index contributed by atoms with van der Waals surface area (Å²) in [4.78, 5) is 15.5. The number of ether oxygens (including phenoxy) is 2. The molecule has 2 aromatic rings. The molecule has 5 rings (SSSR count). The maximum absolute atomic E-state index is 13.3. The van der Waals surface area contributed by atoms with E-state index in [4.69, 9.17) is 32.7 Å². The largest absolute Gasteiger partial charge is 0.379 e. The predicted octanol–water partition coefficient (Wildman–Crippen LogP) is 4.50. The van der Waals surface area contributed by atoms with Gasteiger partial charge in [0, 0.05) is 42.7 Å². The highest BCUT2D eigenvalue weighted by atomic mass is 35.5. The molecule has 3 aliphatic heterocycles. The Labute approximate surface area is 246 Å². The van der Waals surface area contributed by atoms with Crippen LogP contribution in [-0.4, -0.2) is 81.7 Å². The van der Waals surface area contributed by atoms with E-state index in [-0.39, 0.29) is 39.5 Å². The van der Waals surface area contributed by atoms with Gasteiger partial charge in [-0.2, -0.15) is 0 Å². The van der Waals surface area contributed by atoms with E-state index in [1.807, 2.05) is 4.90 Å². The van der Waals surface area contributed by atoms with Crippen LogP contribution in [0.3, 0.4) is 0 Å². The van der Waals surface area contributed by atoms with E-state index in [1.54, 1.807) is 12.1 Å². The standard InChI is InChI=1S/C26H29Cl2F2N3O5S2/c27-22-9-21(40(35,36)32-25(34)26-11-19(37-15-26)6-8-38-26)10-23(28)24(22)31-18(5-7-33-12-17(30)13-33)14-39-20-3-1-16(29)2-4-20/h1-4,9-10,17-19,31H,5-8,11-15H2,(H,32,34)/t18-,19+,26-/m1/s1. The first kappa shape index (κ1) is 29.8. The SMILES string of the molecule is O=C(NS(=O)(=O)c1cc(Cl)c(N[C@H](CCN2CC(F)C2)CSc2ccc(F)cc2)c(Cl)c1)[C@@]12CO[C@@H](CCO1)C2. The zero-order valence-electron chi connectivity index (χ0n) is 21.4. The molecule has 3 fully saturated rings. The van der Waals surface area contributed by atoms with Crippen LogP contribution >= 0.6 is 35.0 Å². The van der Waals surface area contributed by atoms with Crippen molar-refractivity contribution in [3.8, 4) is 0 Å². The van der Waals surface area contributed by atoms with Crippen molar-refractivity contribution in [1.82, 2.24) is 9.62 Å². The summed E-state index contributed by atoms with van der Waals surface area (Å²) in [5.74, 6) is -0.551. The van der Waals surface area contributed by atoms with E-state index in [0.29, 0.717) is 56.9 Å². The Morgan fingerprint density at radius 1 is 1.20 bits per heavy atom. The summed E-state index contributed by atoms with van der Waals surface area (Å²) in [6, 6.07) is 8.42. The molecular formula is C26H29Cl2F2N3O5S2. The molecule has 0 aromatic heterocycles. The average molecular weight is 637 g/mol. The monoisotopic (exact) mass is 635 g/mol. The van der Waals surface area contributed by atoms with Crippen LogP contribution in [0.15, 0.2) is 46.2 Å². The van der Waals surface area contributed by atoms with Crippen molar-refractivity contribution in [2.45, 2.75) is 53.0 Å². The number of likely N-dealkylation sites (tertiary alicyclic amines) is 1. The highest BCUT2D eigenvalue weighted by Crippen LogP contribution is 2.37. The highest BCUT2D eigenvalue weighted by molar-refractivity contribution is 7.99. The lowest BCUT2D eigenvalue weighted by Crippen LogP contribution is -2.52. The Bertz CT molecular complexity index is 1320. The average Bonchev–Trinajstić information content (AvgIpc) is 3.20. The molecule has 14 heteroatoms. The molecule has 3 saturated heterocycles. The summed E-state index contributed by atoms with van der Waals surface area (Å²) in [6.07, 6.45) is 0.629. The minimum atomic E-state index is -4.31. The maximum atomic E-state index is 13.3. The number of alkyl halides is 1. The molecule has 0 aliphatic carbocycles. The van der Waals surface area contributed by atoms with Gasteiger partial charge >= 0.3 is 0 Å². The fourth-order valence-electron chi connectivity index (χ4n) is 4.91. The van der Waals surface area contributed by atoms with Crippen LogP contribution in [0.5, 0.6) is 0 Å². The number of nitrogens with zero attached hydrogens (tertiary/aromatic N) is 1. The van der Waals surface area contributed by atoms with Crippen LogP contribution in [-0.2, 0) is 24.3 Å². The van der Waals surface area contributed by atoms with Crippen LogP contribution in [0.2, 0.25) is 10.0 Å². The van der Waals surface area contributed by atoms with E-state index < -0.39 is 27.7 Å². The highest BCUT2D eigenvalue weighted by Gasteiger charge is 2.51. The first-order valence-corrected chi connectivity index (χ1v) is 16.1. The molecule has 0 spiro atoms. The number of rotatable bonds is 11. The van der Waals surface area contributed by atoms with Gasteiger partial charge in [-0.3, -0.25) is 9.69 Å². The number of amides is 1. The van der Waals surface area contributed by atoms with E-state index in [0.717, 1.165) is 4.90 Å². The number of fused-ring (bicyclic) bond motifs is 2. The summed E-state index contributed by atoms with van der Waals surface area (Å²) in [5, 5.41) is 3.42. The third-order valence-electron chi connectivity index (χ3n) is 7.21. The quantitative estimate of drug-likeness (QED) is 0.349. The van der Waals surface area contributed by atoms with Crippen molar-refractivity contribution < 1.29 is 31.5 Å². The van der Waals surface area contributed by atoms with Gasteiger partial charge in [0.05, 0.1) is 39.9 Å². The van der Waals surface area contributed by atoms with E-state index in [9.17, 15) is 22.0 Å². The molecule has 218 valence electrons. The first-order chi connectivity index (χ1) is 19.0. The van der Waals surface area contributed by atoms with Crippen molar-refractivity contribution in [2.24, 2.45) is 0 Å². The van der Waals surface area contributed by atoms with Crippen molar-refractivity contribution in [3.63, 3.8) is 0 Å². The molecule has 0 unspecified atom stereocenters. The topological polar surface area (TPSA) is 97.0 Å². The van der Waals surface area contributed by atoms with Gasteiger partial charge < -0.3 is 14.8 Å². The van der Waals surface area contributed by atoms with Crippen molar-refractivity contribution in [2.75, 3.05) is 43.9 Å². The normalized spacial score (nSPS) is 23.9. The molecule has 0 saturated carbocycles. The molecule has 0 radical (unpaired) electrons. The number of hydrogen-bond donors (Lipinski definition) is 2. The summed E-state index contributed by atoms with van der Waals surface area (Å²) in [6.45, 7) is 1.71. The molecule has 1 amide bonds. The third kappa shape index (κ3) is 6.86. The van der Waals surface area contributed by atoms with E-state index >= 15 is 0 Å². The fraction of sp³-hybridized carbons (Fsp3) is 0.500. The Balaban J connectivity index is 1.28. The molecule has 2 bridgehead atoms. The van der Waals surface area contributed by atoms with Crippen LogP contribution in [0.1, 0.15) is 19.3 Å². The van der Waals surface area contributed by atoms with Gasteiger partial charge in [-0.15, -0.1) is 11.8 Å². The van der Waals surface area contributed by atoms with Crippen molar-refractivity contribution in [1.29, 1.82) is 0 Å². The number of halogens is 4. The number of sulfonamides is 1. The van der Waals surface area contributed by atoms with E-state index in [1.165, 1.54) is 36.0 Å². The lowest BCUT2D eigenvalue weighted by molar-refractivity contribution is -0.146. The minimum absolute atomic E-state index is 0.00980. The van der Waals surface area contributed by atoms with Gasteiger partial charge in [0.25, 0.3) is 15.9 Å². The third-order valence-corrected chi connectivity index (χ3v) is 10.3. The molecular weight excluding hydrogens is 607 g/mol. The zero-order valence-corrected chi connectivity index (χ0v) is 24.5. The van der Waals surface area contributed by atoms with Gasteiger partial charge in [-0.25, -0.2) is 21.9 Å². The lowest BCUT2D eigenvalue weighted by Gasteiger charge is -2.35. The molecule has 3 heterocycles. The van der Waals surface area contributed by atoms with Crippen LogP contribution < -0.4 is 10.0 Å². The molecule has 8 nitrogen and oxygen atoms in total. The molecule has 3 atom stereocenters. The number of anilines is 1.